The molecule has 0 saturated heterocycles. The van der Waals surface area contributed by atoms with Crippen LogP contribution < -0.4 is 5.73 Å². The maximum Gasteiger partial charge on any atom is 0.246 e. The third-order valence-corrected chi connectivity index (χ3v) is 4.89. The predicted molar refractivity (Wildman–Crippen MR) is 73.2 cm³/mol. The molecule has 0 fully saturated rings. The van der Waals surface area contributed by atoms with Crippen LogP contribution in [0.5, 0.6) is 0 Å². The highest BCUT2D eigenvalue weighted by molar-refractivity contribution is 7.89. The fourth-order valence-corrected chi connectivity index (χ4v) is 3.28. The standard InChI is InChI=1S/C12H18N4O3S/c1-9-12(4-11(5-13)19-9)20(17,18)16(3)8-10-6-14-15(2)7-10/h4,6-7H,5,8,13H2,1-3H3. The Labute approximate surface area is 118 Å². The molecule has 20 heavy (non-hydrogen) atoms. The molecule has 0 spiro atoms. The molecule has 0 aromatic carbocycles. The van der Waals surface area contributed by atoms with E-state index in [9.17, 15) is 8.42 Å². The smallest absolute Gasteiger partial charge is 0.246 e. The zero-order chi connectivity index (χ0) is 14.9. The Kier molecular flexibility index (Phi) is 3.98. The number of sulfonamides is 1. The van der Waals surface area contributed by atoms with Gasteiger partial charge in [-0.3, -0.25) is 4.68 Å². The van der Waals surface area contributed by atoms with E-state index in [0.29, 0.717) is 11.5 Å². The molecule has 0 aliphatic rings. The van der Waals surface area contributed by atoms with Crippen LogP contribution in [0.2, 0.25) is 0 Å². The Morgan fingerprint density at radius 1 is 1.50 bits per heavy atom. The van der Waals surface area contributed by atoms with Crippen molar-refractivity contribution in [1.82, 2.24) is 14.1 Å². The summed E-state index contributed by atoms with van der Waals surface area (Å²) in [5.74, 6) is 0.805. The maximum atomic E-state index is 12.5. The van der Waals surface area contributed by atoms with Crippen LogP contribution in [0.4, 0.5) is 0 Å². The van der Waals surface area contributed by atoms with Crippen LogP contribution in [0.3, 0.4) is 0 Å². The van der Waals surface area contributed by atoms with E-state index in [4.69, 9.17) is 10.2 Å². The zero-order valence-electron chi connectivity index (χ0n) is 11.7. The first-order valence-electron chi connectivity index (χ1n) is 6.08. The Morgan fingerprint density at radius 2 is 2.20 bits per heavy atom. The molecular formula is C12H18N4O3S. The van der Waals surface area contributed by atoms with Crippen molar-refractivity contribution >= 4 is 10.0 Å². The number of furan rings is 1. The number of hydrogen-bond acceptors (Lipinski definition) is 5. The minimum absolute atomic E-state index is 0.157. The SMILES string of the molecule is Cc1oc(CN)cc1S(=O)(=O)N(C)Cc1cnn(C)c1. The van der Waals surface area contributed by atoms with Crippen molar-refractivity contribution in [1.29, 1.82) is 0 Å². The third kappa shape index (κ3) is 2.77. The van der Waals surface area contributed by atoms with E-state index in [-0.39, 0.29) is 18.0 Å². The van der Waals surface area contributed by atoms with Gasteiger partial charge in [0.1, 0.15) is 16.4 Å². The van der Waals surface area contributed by atoms with Crippen LogP contribution >= 0.6 is 0 Å². The minimum Gasteiger partial charge on any atom is -0.464 e. The largest absolute Gasteiger partial charge is 0.464 e. The lowest BCUT2D eigenvalue weighted by atomic mass is 10.4. The molecule has 0 atom stereocenters. The quantitative estimate of drug-likeness (QED) is 0.872. The van der Waals surface area contributed by atoms with E-state index >= 15 is 0 Å². The second-order valence-electron chi connectivity index (χ2n) is 4.62. The average molecular weight is 298 g/mol. The van der Waals surface area contributed by atoms with Gasteiger partial charge in [0.15, 0.2) is 0 Å². The summed E-state index contributed by atoms with van der Waals surface area (Å²) in [6, 6.07) is 1.48. The monoisotopic (exact) mass is 298 g/mol. The molecule has 0 unspecified atom stereocenters. The molecule has 2 N–H and O–H groups in total. The molecule has 110 valence electrons. The number of rotatable bonds is 5. The Hall–Kier alpha value is -1.64. The molecule has 0 amide bonds. The van der Waals surface area contributed by atoms with Crippen molar-refractivity contribution in [3.8, 4) is 0 Å². The van der Waals surface area contributed by atoms with Crippen LogP contribution in [0, 0.1) is 6.92 Å². The van der Waals surface area contributed by atoms with Gasteiger partial charge in [-0.1, -0.05) is 0 Å². The van der Waals surface area contributed by atoms with Crippen molar-refractivity contribution in [3.63, 3.8) is 0 Å². The molecule has 0 aliphatic carbocycles. The second-order valence-corrected chi connectivity index (χ2v) is 6.63. The van der Waals surface area contributed by atoms with E-state index in [1.807, 2.05) is 0 Å². The molecule has 0 saturated carbocycles. The molecule has 8 heteroatoms. The van der Waals surface area contributed by atoms with Gasteiger partial charge < -0.3 is 10.2 Å². The van der Waals surface area contributed by atoms with E-state index in [0.717, 1.165) is 5.56 Å². The third-order valence-electron chi connectivity index (χ3n) is 2.98. The highest BCUT2D eigenvalue weighted by Crippen LogP contribution is 2.23. The van der Waals surface area contributed by atoms with Gasteiger partial charge in [-0.05, 0) is 6.92 Å². The summed E-state index contributed by atoms with van der Waals surface area (Å²) in [5, 5.41) is 4.02. The Balaban J connectivity index is 2.26. The number of aromatic nitrogens is 2. The lowest BCUT2D eigenvalue weighted by Gasteiger charge is -2.15. The van der Waals surface area contributed by atoms with Crippen LogP contribution in [0.1, 0.15) is 17.1 Å². The summed E-state index contributed by atoms with van der Waals surface area (Å²) < 4.78 is 33.2. The Bertz CT molecular complexity index is 702. The van der Waals surface area contributed by atoms with Crippen molar-refractivity contribution in [2.75, 3.05) is 7.05 Å². The summed E-state index contributed by atoms with van der Waals surface area (Å²) in [7, 11) is -0.293. The number of aryl methyl sites for hydroxylation is 2. The summed E-state index contributed by atoms with van der Waals surface area (Å²) in [6.07, 6.45) is 3.42. The second kappa shape index (κ2) is 5.39. The minimum atomic E-state index is -3.60. The van der Waals surface area contributed by atoms with Gasteiger partial charge in [0, 0.05) is 38.5 Å². The molecule has 2 aromatic heterocycles. The van der Waals surface area contributed by atoms with Gasteiger partial charge >= 0.3 is 0 Å². The highest BCUT2D eigenvalue weighted by Gasteiger charge is 2.26. The lowest BCUT2D eigenvalue weighted by Crippen LogP contribution is -2.26. The maximum absolute atomic E-state index is 12.5. The summed E-state index contributed by atoms with van der Waals surface area (Å²) in [5.41, 5.74) is 6.28. The molecular weight excluding hydrogens is 280 g/mol. The van der Waals surface area contributed by atoms with Gasteiger partial charge in [0.05, 0.1) is 12.7 Å². The van der Waals surface area contributed by atoms with Gasteiger partial charge in [-0.2, -0.15) is 9.40 Å². The number of nitrogens with two attached hydrogens (primary N) is 1. The number of nitrogens with zero attached hydrogens (tertiary/aromatic N) is 3. The Morgan fingerprint density at radius 3 is 2.70 bits per heavy atom. The lowest BCUT2D eigenvalue weighted by molar-refractivity contribution is 0.456. The molecule has 2 aromatic rings. The summed E-state index contributed by atoms with van der Waals surface area (Å²) in [4.78, 5) is 0.157. The molecule has 7 nitrogen and oxygen atoms in total. The van der Waals surface area contributed by atoms with Crippen LogP contribution in [0.15, 0.2) is 27.8 Å². The summed E-state index contributed by atoms with van der Waals surface area (Å²) in [6.45, 7) is 2.03. The first kappa shape index (κ1) is 14.8. The highest BCUT2D eigenvalue weighted by atomic mass is 32.2. The number of hydrogen-bond donors (Lipinski definition) is 1. The van der Waals surface area contributed by atoms with Crippen molar-refractivity contribution in [2.45, 2.75) is 24.9 Å². The normalized spacial score (nSPS) is 12.2. The van der Waals surface area contributed by atoms with Gasteiger partial charge in [-0.25, -0.2) is 8.42 Å². The van der Waals surface area contributed by atoms with Gasteiger partial charge in [-0.15, -0.1) is 0 Å². The fraction of sp³-hybridized carbons (Fsp3) is 0.417. The summed E-state index contributed by atoms with van der Waals surface area (Å²) >= 11 is 0. The van der Waals surface area contributed by atoms with Crippen molar-refractivity contribution in [2.24, 2.45) is 12.8 Å². The predicted octanol–water partition coefficient (Wildman–Crippen LogP) is 0.601. The zero-order valence-corrected chi connectivity index (χ0v) is 12.5. The first-order chi connectivity index (χ1) is 9.34. The molecule has 0 aliphatic heterocycles. The van der Waals surface area contributed by atoms with E-state index in [2.05, 4.69) is 5.10 Å². The average Bonchev–Trinajstić information content (AvgIpc) is 2.95. The topological polar surface area (TPSA) is 94.4 Å². The fourth-order valence-electron chi connectivity index (χ4n) is 1.94. The van der Waals surface area contributed by atoms with Gasteiger partial charge in [0.2, 0.25) is 10.0 Å². The van der Waals surface area contributed by atoms with E-state index in [1.54, 1.807) is 31.0 Å². The van der Waals surface area contributed by atoms with E-state index in [1.165, 1.54) is 17.4 Å². The molecule has 0 radical (unpaired) electrons. The van der Waals surface area contributed by atoms with Gasteiger partial charge in [0.25, 0.3) is 0 Å². The van der Waals surface area contributed by atoms with Crippen molar-refractivity contribution in [3.05, 3.63) is 35.5 Å². The molecule has 2 rings (SSSR count). The van der Waals surface area contributed by atoms with Crippen LogP contribution in [0.25, 0.3) is 0 Å². The van der Waals surface area contributed by atoms with Crippen LogP contribution in [-0.2, 0) is 30.2 Å². The van der Waals surface area contributed by atoms with Crippen LogP contribution in [-0.4, -0.2) is 29.6 Å². The molecule has 0 bridgehead atoms. The van der Waals surface area contributed by atoms with Crippen molar-refractivity contribution < 1.29 is 12.8 Å². The van der Waals surface area contributed by atoms with E-state index < -0.39 is 10.0 Å². The first-order valence-corrected chi connectivity index (χ1v) is 7.52. The molecule has 2 heterocycles.